The number of likely N-dealkylation sites (tertiary alicyclic amines) is 1. The second-order valence-electron chi connectivity index (χ2n) is 6.15. The number of rotatable bonds is 6. The van der Waals surface area contributed by atoms with Crippen molar-refractivity contribution in [3.8, 4) is 0 Å². The molecular weight excluding hydrogens is 294 g/mol. The summed E-state index contributed by atoms with van der Waals surface area (Å²) in [6.07, 6.45) is 1.02. The molecule has 1 amide bonds. The number of nitro groups is 1. The van der Waals surface area contributed by atoms with Crippen molar-refractivity contribution in [2.24, 2.45) is 5.92 Å². The van der Waals surface area contributed by atoms with Gasteiger partial charge in [0.05, 0.1) is 4.92 Å². The Morgan fingerprint density at radius 3 is 2.65 bits per heavy atom. The van der Waals surface area contributed by atoms with Crippen LogP contribution >= 0.6 is 0 Å². The van der Waals surface area contributed by atoms with E-state index in [4.69, 9.17) is 0 Å². The minimum Gasteiger partial charge on any atom is -0.338 e. The maximum absolute atomic E-state index is 12.7. The summed E-state index contributed by atoms with van der Waals surface area (Å²) < 4.78 is 0. The van der Waals surface area contributed by atoms with Gasteiger partial charge in [0.2, 0.25) is 0 Å². The van der Waals surface area contributed by atoms with E-state index in [0.717, 1.165) is 39.1 Å². The summed E-state index contributed by atoms with van der Waals surface area (Å²) in [6, 6.07) is 4.45. The van der Waals surface area contributed by atoms with Crippen LogP contribution < -0.4 is 0 Å². The number of benzene rings is 1. The summed E-state index contributed by atoms with van der Waals surface area (Å²) in [7, 11) is 0. The predicted molar refractivity (Wildman–Crippen MR) is 89.6 cm³/mol. The molecule has 1 aromatic rings. The van der Waals surface area contributed by atoms with E-state index in [0.29, 0.717) is 17.0 Å². The quantitative estimate of drug-likeness (QED) is 0.597. The highest BCUT2D eigenvalue weighted by atomic mass is 16.6. The number of carbonyl (C=O) groups excluding carboxylic acids is 1. The Kier molecular flexibility index (Phi) is 5.71. The molecule has 0 saturated carbocycles. The number of non-ortho nitro benzene ring substituents is 1. The van der Waals surface area contributed by atoms with E-state index < -0.39 is 4.92 Å². The molecule has 6 nitrogen and oxygen atoms in total. The molecule has 1 unspecified atom stereocenters. The number of carbonyl (C=O) groups is 1. The summed E-state index contributed by atoms with van der Waals surface area (Å²) >= 11 is 0. The first-order valence-corrected chi connectivity index (χ1v) is 8.22. The minimum absolute atomic E-state index is 0.0144. The monoisotopic (exact) mass is 319 g/mol. The normalized spacial score (nSPS) is 17.7. The second-order valence-corrected chi connectivity index (χ2v) is 6.15. The third-order valence-electron chi connectivity index (χ3n) is 4.64. The number of hydrogen-bond donors (Lipinski definition) is 0. The molecule has 1 aliphatic rings. The molecule has 0 aromatic heterocycles. The van der Waals surface area contributed by atoms with Gasteiger partial charge in [0, 0.05) is 37.3 Å². The van der Waals surface area contributed by atoms with Crippen molar-refractivity contribution in [1.82, 2.24) is 9.80 Å². The summed E-state index contributed by atoms with van der Waals surface area (Å²) in [6.45, 7) is 10.7. The van der Waals surface area contributed by atoms with E-state index >= 15 is 0 Å². The van der Waals surface area contributed by atoms with Gasteiger partial charge in [0.15, 0.2) is 0 Å². The Morgan fingerprint density at radius 1 is 1.39 bits per heavy atom. The predicted octanol–water partition coefficient (Wildman–Crippen LogP) is 2.71. The van der Waals surface area contributed by atoms with E-state index in [-0.39, 0.29) is 11.6 Å². The molecular formula is C17H25N3O3. The molecule has 1 aliphatic heterocycles. The van der Waals surface area contributed by atoms with Gasteiger partial charge < -0.3 is 9.80 Å². The molecule has 0 N–H and O–H groups in total. The highest BCUT2D eigenvalue weighted by Gasteiger charge is 2.28. The number of amides is 1. The van der Waals surface area contributed by atoms with Gasteiger partial charge >= 0.3 is 0 Å². The van der Waals surface area contributed by atoms with E-state index in [1.165, 1.54) is 12.1 Å². The Hall–Kier alpha value is -1.95. The maximum atomic E-state index is 12.7. The number of nitrogens with zero attached hydrogens (tertiary/aromatic N) is 3. The van der Waals surface area contributed by atoms with Gasteiger partial charge in [-0.3, -0.25) is 14.9 Å². The summed E-state index contributed by atoms with van der Waals surface area (Å²) in [5, 5.41) is 10.8. The first-order chi connectivity index (χ1) is 11.0. The van der Waals surface area contributed by atoms with Gasteiger partial charge in [-0.15, -0.1) is 0 Å². The molecule has 1 atom stereocenters. The van der Waals surface area contributed by atoms with E-state index in [1.807, 2.05) is 4.90 Å². The summed E-state index contributed by atoms with van der Waals surface area (Å²) in [5.41, 5.74) is 1.26. The zero-order chi connectivity index (χ0) is 17.0. The fourth-order valence-electron chi connectivity index (χ4n) is 3.18. The smallest absolute Gasteiger partial charge is 0.269 e. The van der Waals surface area contributed by atoms with Crippen LogP contribution in [0.2, 0.25) is 0 Å². The highest BCUT2D eigenvalue weighted by Crippen LogP contribution is 2.23. The second kappa shape index (κ2) is 7.55. The van der Waals surface area contributed by atoms with Crippen molar-refractivity contribution < 1.29 is 9.72 Å². The highest BCUT2D eigenvalue weighted by molar-refractivity contribution is 5.96. The molecule has 0 aliphatic carbocycles. The molecule has 1 heterocycles. The Balaban J connectivity index is 2.03. The minimum atomic E-state index is -0.433. The van der Waals surface area contributed by atoms with Crippen LogP contribution in [0.25, 0.3) is 0 Å². The Morgan fingerprint density at radius 2 is 2.09 bits per heavy atom. The van der Waals surface area contributed by atoms with Crippen LogP contribution in [0, 0.1) is 23.0 Å². The molecule has 6 heteroatoms. The lowest BCUT2D eigenvalue weighted by Crippen LogP contribution is -2.33. The van der Waals surface area contributed by atoms with Crippen molar-refractivity contribution in [1.29, 1.82) is 0 Å². The SMILES string of the molecule is CCN(CC)CC1CCN(C(=O)c2ccc([N+](=O)[O-])cc2C)C1. The van der Waals surface area contributed by atoms with Crippen LogP contribution in [0.15, 0.2) is 18.2 Å². The van der Waals surface area contributed by atoms with E-state index in [2.05, 4.69) is 18.7 Å². The molecule has 1 aromatic carbocycles. The van der Waals surface area contributed by atoms with Gasteiger partial charge in [-0.1, -0.05) is 13.8 Å². The van der Waals surface area contributed by atoms with Crippen molar-refractivity contribution in [2.75, 3.05) is 32.7 Å². The van der Waals surface area contributed by atoms with E-state index in [9.17, 15) is 14.9 Å². The van der Waals surface area contributed by atoms with Crippen molar-refractivity contribution in [3.63, 3.8) is 0 Å². The van der Waals surface area contributed by atoms with Gasteiger partial charge in [-0.2, -0.15) is 0 Å². The van der Waals surface area contributed by atoms with Gasteiger partial charge in [0.25, 0.3) is 11.6 Å². The third kappa shape index (κ3) is 4.07. The lowest BCUT2D eigenvalue weighted by molar-refractivity contribution is -0.384. The fraction of sp³-hybridized carbons (Fsp3) is 0.588. The molecule has 23 heavy (non-hydrogen) atoms. The third-order valence-corrected chi connectivity index (χ3v) is 4.64. The number of hydrogen-bond acceptors (Lipinski definition) is 4. The largest absolute Gasteiger partial charge is 0.338 e. The number of aryl methyl sites for hydroxylation is 1. The van der Waals surface area contributed by atoms with Crippen LogP contribution in [0.1, 0.15) is 36.2 Å². The first kappa shape index (κ1) is 17.4. The van der Waals surface area contributed by atoms with Gasteiger partial charge in [-0.05, 0) is 44.0 Å². The van der Waals surface area contributed by atoms with Crippen LogP contribution in [0.4, 0.5) is 5.69 Å². The average molecular weight is 319 g/mol. The van der Waals surface area contributed by atoms with Gasteiger partial charge in [0.1, 0.15) is 0 Å². The summed E-state index contributed by atoms with van der Waals surface area (Å²) in [5.74, 6) is 0.497. The van der Waals surface area contributed by atoms with Crippen LogP contribution in [-0.2, 0) is 0 Å². The van der Waals surface area contributed by atoms with Crippen LogP contribution in [0.3, 0.4) is 0 Å². The first-order valence-electron chi connectivity index (χ1n) is 8.22. The molecule has 0 spiro atoms. The Bertz CT molecular complexity index is 584. The molecule has 2 rings (SSSR count). The number of nitro benzene ring substituents is 1. The van der Waals surface area contributed by atoms with Crippen molar-refractivity contribution in [3.05, 3.63) is 39.4 Å². The lowest BCUT2D eigenvalue weighted by Gasteiger charge is -2.23. The zero-order valence-corrected chi connectivity index (χ0v) is 14.1. The van der Waals surface area contributed by atoms with Crippen molar-refractivity contribution >= 4 is 11.6 Å². The maximum Gasteiger partial charge on any atom is 0.269 e. The average Bonchev–Trinajstić information content (AvgIpc) is 3.00. The lowest BCUT2D eigenvalue weighted by atomic mass is 10.1. The standard InChI is InChI=1S/C17H25N3O3/c1-4-18(5-2)11-14-8-9-19(12-14)17(21)16-7-6-15(20(22)23)10-13(16)3/h6-7,10,14H,4-5,8-9,11-12H2,1-3H3. The topological polar surface area (TPSA) is 66.7 Å². The zero-order valence-electron chi connectivity index (χ0n) is 14.1. The molecule has 1 fully saturated rings. The molecule has 126 valence electrons. The molecule has 1 saturated heterocycles. The fourth-order valence-corrected chi connectivity index (χ4v) is 3.18. The van der Waals surface area contributed by atoms with Crippen LogP contribution in [0.5, 0.6) is 0 Å². The molecule has 0 radical (unpaired) electrons. The van der Waals surface area contributed by atoms with Gasteiger partial charge in [-0.25, -0.2) is 0 Å². The molecule has 0 bridgehead atoms. The van der Waals surface area contributed by atoms with Crippen LogP contribution in [-0.4, -0.2) is 53.4 Å². The summed E-state index contributed by atoms with van der Waals surface area (Å²) in [4.78, 5) is 27.3. The van der Waals surface area contributed by atoms with E-state index in [1.54, 1.807) is 13.0 Å². The van der Waals surface area contributed by atoms with Crippen molar-refractivity contribution in [2.45, 2.75) is 27.2 Å². The Labute approximate surface area is 137 Å².